The van der Waals surface area contributed by atoms with Crippen LogP contribution in [-0.2, 0) is 26.2 Å². The molecule has 0 N–H and O–H groups in total. The van der Waals surface area contributed by atoms with Crippen molar-refractivity contribution in [2.45, 2.75) is 32.4 Å². The second-order valence-electron chi connectivity index (χ2n) is 8.46. The molecule has 2 aliphatic heterocycles. The summed E-state index contributed by atoms with van der Waals surface area (Å²) in [7, 11) is 0. The third-order valence-electron chi connectivity index (χ3n) is 6.22. The Kier molecular flexibility index (Phi) is 6.07. The quantitative estimate of drug-likeness (QED) is 0.502. The number of nitrogens with zero attached hydrogens (tertiary/aromatic N) is 4. The highest BCUT2D eigenvalue weighted by Gasteiger charge is 2.37. The molecule has 2 aliphatic rings. The molecule has 7 nitrogen and oxygen atoms in total. The molecule has 0 bridgehead atoms. The van der Waals surface area contributed by atoms with Gasteiger partial charge in [-0.25, -0.2) is 9.18 Å². The lowest BCUT2D eigenvalue weighted by Crippen LogP contribution is -2.42. The van der Waals surface area contributed by atoms with Gasteiger partial charge in [0.05, 0.1) is 30.4 Å². The van der Waals surface area contributed by atoms with Gasteiger partial charge in [0.2, 0.25) is 0 Å². The van der Waals surface area contributed by atoms with Crippen LogP contribution in [0, 0.1) is 0 Å². The van der Waals surface area contributed by atoms with Crippen molar-refractivity contribution in [3.05, 3.63) is 91.0 Å². The van der Waals surface area contributed by atoms with E-state index in [0.29, 0.717) is 27.3 Å². The highest BCUT2D eigenvalue weighted by atomic mass is 79.9. The van der Waals surface area contributed by atoms with E-state index in [1.807, 2.05) is 30.3 Å². The van der Waals surface area contributed by atoms with E-state index in [-0.39, 0.29) is 44.3 Å². The Balaban J connectivity index is 1.49. The van der Waals surface area contributed by atoms with Gasteiger partial charge in [0.25, 0.3) is 11.8 Å². The lowest BCUT2D eigenvalue weighted by atomic mass is 10.1. The van der Waals surface area contributed by atoms with Crippen LogP contribution in [0.1, 0.15) is 32.1 Å². The fourth-order valence-corrected chi connectivity index (χ4v) is 5.00. The van der Waals surface area contributed by atoms with Gasteiger partial charge in [0.15, 0.2) is 0 Å². The molecule has 3 aromatic rings. The lowest BCUT2D eigenvalue weighted by Gasteiger charge is -2.29. The number of fused-ring (bicyclic) bond motifs is 3. The number of carbonyl (C=O) groups excluding carboxylic acids is 2. The van der Waals surface area contributed by atoms with Gasteiger partial charge >= 0.3 is 5.69 Å². The van der Waals surface area contributed by atoms with Crippen LogP contribution in [0.4, 0.5) is 4.39 Å². The van der Waals surface area contributed by atoms with Crippen molar-refractivity contribution in [2.75, 3.05) is 13.1 Å². The summed E-state index contributed by atoms with van der Waals surface area (Å²) in [6.07, 6.45) is -1.38. The van der Waals surface area contributed by atoms with Gasteiger partial charge in [-0.3, -0.25) is 18.7 Å². The predicted octanol–water partition coefficient (Wildman–Crippen LogP) is 3.72. The first-order valence-electron chi connectivity index (χ1n) is 10.9. The van der Waals surface area contributed by atoms with Gasteiger partial charge in [0.1, 0.15) is 11.9 Å². The summed E-state index contributed by atoms with van der Waals surface area (Å²) in [6, 6.07) is 14.3. The average molecular weight is 548 g/mol. The van der Waals surface area contributed by atoms with Crippen molar-refractivity contribution >= 4 is 39.3 Å². The maximum atomic E-state index is 14.8. The highest BCUT2D eigenvalue weighted by Crippen LogP contribution is 2.26. The minimum atomic E-state index is -1.38. The lowest BCUT2D eigenvalue weighted by molar-refractivity contribution is 0.0676. The van der Waals surface area contributed by atoms with Crippen LogP contribution in [-0.4, -0.2) is 50.0 Å². The minimum Gasteiger partial charge on any atom is -0.331 e. The van der Waals surface area contributed by atoms with Crippen molar-refractivity contribution in [3.63, 3.8) is 0 Å². The monoisotopic (exact) mass is 546 g/mol. The van der Waals surface area contributed by atoms with Crippen molar-refractivity contribution in [3.8, 4) is 0 Å². The molecule has 0 fully saturated rings. The fraction of sp³-hybridized carbons (Fsp3) is 0.292. The van der Waals surface area contributed by atoms with Crippen LogP contribution in [0.25, 0.3) is 0 Å². The largest absolute Gasteiger partial charge is 0.331 e. The van der Waals surface area contributed by atoms with Gasteiger partial charge in [-0.05, 0) is 39.7 Å². The molecule has 0 radical (unpaired) electrons. The number of rotatable bonds is 3. The van der Waals surface area contributed by atoms with E-state index in [9.17, 15) is 18.8 Å². The molecule has 2 amide bonds. The second-order valence-corrected chi connectivity index (χ2v) is 9.73. The number of hydrogen-bond donors (Lipinski definition) is 0. The Bertz CT molecular complexity index is 1340. The van der Waals surface area contributed by atoms with Crippen molar-refractivity contribution in [1.29, 1.82) is 0 Å². The molecule has 1 atom stereocenters. The summed E-state index contributed by atoms with van der Waals surface area (Å²) in [4.78, 5) is 42.8. The van der Waals surface area contributed by atoms with Crippen LogP contribution in [0.2, 0.25) is 5.02 Å². The summed E-state index contributed by atoms with van der Waals surface area (Å²) in [6.45, 7) is 0.539. The number of benzene rings is 2. The third-order valence-corrected chi connectivity index (χ3v) is 7.46. The molecule has 5 rings (SSSR count). The zero-order valence-electron chi connectivity index (χ0n) is 18.1. The van der Waals surface area contributed by atoms with E-state index in [1.54, 1.807) is 23.1 Å². The zero-order valence-corrected chi connectivity index (χ0v) is 20.4. The molecular weight excluding hydrogens is 527 g/mol. The molecule has 34 heavy (non-hydrogen) atoms. The van der Waals surface area contributed by atoms with Crippen LogP contribution in [0.5, 0.6) is 0 Å². The number of alkyl halides is 1. The Morgan fingerprint density at radius 2 is 1.82 bits per heavy atom. The summed E-state index contributed by atoms with van der Waals surface area (Å²) >= 11 is 9.47. The molecular formula is C24H21BrClFN4O3. The molecule has 0 spiro atoms. The molecule has 3 heterocycles. The van der Waals surface area contributed by atoms with Gasteiger partial charge < -0.3 is 9.80 Å². The summed E-state index contributed by atoms with van der Waals surface area (Å²) in [5.74, 6) is -0.658. The zero-order chi connectivity index (χ0) is 24.0. The maximum absolute atomic E-state index is 14.8. The SMILES string of the molecule is O=C(c1ccc(Br)c(Cl)c1)N1CCn2c(c3n(c2=O)CC(F)CN(Cc2ccccc2)C3=O)C1. The fourth-order valence-electron chi connectivity index (χ4n) is 4.57. The molecule has 1 aromatic heterocycles. The molecule has 1 unspecified atom stereocenters. The van der Waals surface area contributed by atoms with E-state index in [2.05, 4.69) is 15.9 Å². The number of aromatic nitrogens is 2. The average Bonchev–Trinajstić information content (AvgIpc) is 3.03. The van der Waals surface area contributed by atoms with Crippen LogP contribution in [0.3, 0.4) is 0 Å². The van der Waals surface area contributed by atoms with E-state index in [0.717, 1.165) is 5.56 Å². The summed E-state index contributed by atoms with van der Waals surface area (Å²) in [5.41, 5.74) is 1.46. The maximum Gasteiger partial charge on any atom is 0.329 e. The summed E-state index contributed by atoms with van der Waals surface area (Å²) in [5, 5.41) is 0.415. The van der Waals surface area contributed by atoms with Gasteiger partial charge in [-0.15, -0.1) is 0 Å². The van der Waals surface area contributed by atoms with E-state index >= 15 is 0 Å². The second kappa shape index (κ2) is 9.03. The van der Waals surface area contributed by atoms with Gasteiger partial charge in [-0.1, -0.05) is 41.9 Å². The van der Waals surface area contributed by atoms with E-state index < -0.39 is 17.8 Å². The standard InChI is InChI=1S/C24H21BrClFN4O3/c25-18-7-6-16(10-19(18)26)22(32)28-8-9-30-20(14-28)21-23(33)29(11-15-4-2-1-3-5-15)12-17(27)13-31(21)24(30)34/h1-7,10,17H,8-9,11-14H2. The predicted molar refractivity (Wildman–Crippen MR) is 129 cm³/mol. The molecule has 2 aromatic carbocycles. The first-order chi connectivity index (χ1) is 16.3. The van der Waals surface area contributed by atoms with Crippen LogP contribution < -0.4 is 5.69 Å². The Hall–Kier alpha value is -2.91. The summed E-state index contributed by atoms with van der Waals surface area (Å²) < 4.78 is 18.3. The minimum absolute atomic E-state index is 0.0754. The highest BCUT2D eigenvalue weighted by molar-refractivity contribution is 9.10. The van der Waals surface area contributed by atoms with Crippen LogP contribution in [0.15, 0.2) is 57.8 Å². The molecule has 0 saturated carbocycles. The van der Waals surface area contributed by atoms with E-state index in [4.69, 9.17) is 11.6 Å². The van der Waals surface area contributed by atoms with Crippen molar-refractivity contribution in [2.24, 2.45) is 0 Å². The Morgan fingerprint density at radius 3 is 2.56 bits per heavy atom. The molecule has 176 valence electrons. The topological polar surface area (TPSA) is 67.6 Å². The smallest absolute Gasteiger partial charge is 0.329 e. The van der Waals surface area contributed by atoms with Crippen molar-refractivity contribution < 1.29 is 14.0 Å². The first kappa shape index (κ1) is 22.9. The number of amides is 2. The number of imidazole rings is 1. The van der Waals surface area contributed by atoms with E-state index in [1.165, 1.54) is 14.0 Å². The Morgan fingerprint density at radius 1 is 1.06 bits per heavy atom. The van der Waals surface area contributed by atoms with Crippen molar-refractivity contribution in [1.82, 2.24) is 18.9 Å². The molecule has 0 aliphatic carbocycles. The van der Waals surface area contributed by atoms with Gasteiger partial charge in [-0.2, -0.15) is 0 Å². The van der Waals surface area contributed by atoms with Gasteiger partial charge in [0, 0.05) is 29.7 Å². The molecule has 10 heteroatoms. The first-order valence-corrected chi connectivity index (χ1v) is 12.0. The number of carbonyl (C=O) groups is 2. The molecule has 0 saturated heterocycles. The Labute approximate surface area is 208 Å². The third kappa shape index (κ3) is 4.07. The number of hydrogen-bond acceptors (Lipinski definition) is 3. The normalized spacial score (nSPS) is 17.9. The van der Waals surface area contributed by atoms with Crippen LogP contribution >= 0.6 is 27.5 Å². The number of halogens is 3.